The fourth-order valence-corrected chi connectivity index (χ4v) is 1.68. The summed E-state index contributed by atoms with van der Waals surface area (Å²) in [6.07, 6.45) is 5.07. The first-order chi connectivity index (χ1) is 9.65. The van der Waals surface area contributed by atoms with Crippen LogP contribution in [0.3, 0.4) is 0 Å². The van der Waals surface area contributed by atoms with E-state index in [1.165, 1.54) is 6.20 Å². The van der Waals surface area contributed by atoms with Crippen LogP contribution in [0.2, 0.25) is 0 Å². The Bertz CT molecular complexity index is 675. The van der Waals surface area contributed by atoms with Crippen molar-refractivity contribution >= 4 is 18.1 Å². The van der Waals surface area contributed by atoms with E-state index in [0.29, 0.717) is 11.4 Å². The van der Waals surface area contributed by atoms with Crippen LogP contribution in [0, 0.1) is 0 Å². The molecule has 5 nitrogen and oxygen atoms in total. The number of carboxylic acids is 1. The zero-order valence-electron chi connectivity index (χ0n) is 10.7. The molecule has 2 N–H and O–H groups in total. The second-order valence-electron chi connectivity index (χ2n) is 4.26. The van der Waals surface area contributed by atoms with Crippen molar-refractivity contribution in [1.82, 2.24) is 9.97 Å². The maximum absolute atomic E-state index is 11.7. The number of rotatable bonds is 5. The Kier molecular flexibility index (Phi) is 4.44. The summed E-state index contributed by atoms with van der Waals surface area (Å²) in [4.78, 5) is 28.9. The van der Waals surface area contributed by atoms with Crippen LogP contribution in [0.1, 0.15) is 23.4 Å². The molecule has 0 aliphatic carbocycles. The molecule has 1 heterocycles. The molecular formula is C15H14N2O3. The molecule has 2 rings (SSSR count). The molecule has 0 saturated heterocycles. The molecule has 0 saturated carbocycles. The molecule has 102 valence electrons. The summed E-state index contributed by atoms with van der Waals surface area (Å²) in [6.45, 7) is 0. The van der Waals surface area contributed by atoms with Crippen molar-refractivity contribution in [3.8, 4) is 0 Å². The fourth-order valence-electron chi connectivity index (χ4n) is 1.68. The van der Waals surface area contributed by atoms with Gasteiger partial charge in [0.15, 0.2) is 0 Å². The number of hydrogen-bond donors (Lipinski definition) is 2. The van der Waals surface area contributed by atoms with Gasteiger partial charge in [0.1, 0.15) is 5.82 Å². The second-order valence-corrected chi connectivity index (χ2v) is 4.26. The Morgan fingerprint density at radius 2 is 2.00 bits per heavy atom. The monoisotopic (exact) mass is 270 g/mol. The molecule has 0 fully saturated rings. The van der Waals surface area contributed by atoms with Crippen molar-refractivity contribution in [2.24, 2.45) is 0 Å². The molecule has 0 amide bonds. The van der Waals surface area contributed by atoms with Crippen LogP contribution in [-0.2, 0) is 11.2 Å². The van der Waals surface area contributed by atoms with Gasteiger partial charge in [0.2, 0.25) is 0 Å². The molecule has 0 radical (unpaired) electrons. The van der Waals surface area contributed by atoms with Crippen molar-refractivity contribution in [1.29, 1.82) is 0 Å². The minimum absolute atomic E-state index is 0.0794. The van der Waals surface area contributed by atoms with E-state index in [1.54, 1.807) is 6.08 Å². The van der Waals surface area contributed by atoms with Crippen molar-refractivity contribution in [3.05, 3.63) is 63.8 Å². The molecular weight excluding hydrogens is 256 g/mol. The number of carboxylic acid groups (broad SMARTS) is 1. The third-order valence-corrected chi connectivity index (χ3v) is 2.73. The first-order valence-electron chi connectivity index (χ1n) is 6.18. The van der Waals surface area contributed by atoms with E-state index in [4.69, 9.17) is 5.11 Å². The zero-order valence-corrected chi connectivity index (χ0v) is 10.7. The van der Waals surface area contributed by atoms with Crippen LogP contribution in [-0.4, -0.2) is 21.0 Å². The summed E-state index contributed by atoms with van der Waals surface area (Å²) in [5, 5.41) is 8.59. The molecule has 20 heavy (non-hydrogen) atoms. The molecule has 0 spiro atoms. The highest BCUT2D eigenvalue weighted by molar-refractivity contribution is 5.67. The van der Waals surface area contributed by atoms with E-state index < -0.39 is 5.97 Å². The van der Waals surface area contributed by atoms with Crippen molar-refractivity contribution < 1.29 is 9.90 Å². The van der Waals surface area contributed by atoms with Gasteiger partial charge in [-0.25, -0.2) is 4.98 Å². The number of aromatic amines is 1. The molecule has 0 atom stereocenters. The lowest BCUT2D eigenvalue weighted by Crippen LogP contribution is -2.15. The van der Waals surface area contributed by atoms with Gasteiger partial charge in [0.05, 0.1) is 0 Å². The highest BCUT2D eigenvalue weighted by Crippen LogP contribution is 2.04. The fraction of sp³-hybridized carbons (Fsp3) is 0.133. The van der Waals surface area contributed by atoms with Gasteiger partial charge in [-0.05, 0) is 18.1 Å². The third kappa shape index (κ3) is 3.91. The molecule has 0 aliphatic heterocycles. The van der Waals surface area contributed by atoms with Crippen molar-refractivity contribution in [2.45, 2.75) is 12.8 Å². The minimum Gasteiger partial charge on any atom is -0.481 e. The van der Waals surface area contributed by atoms with Crippen molar-refractivity contribution in [2.75, 3.05) is 0 Å². The Morgan fingerprint density at radius 3 is 2.65 bits per heavy atom. The lowest BCUT2D eigenvalue weighted by Gasteiger charge is -1.98. The van der Waals surface area contributed by atoms with Crippen molar-refractivity contribution in [3.63, 3.8) is 0 Å². The van der Waals surface area contributed by atoms with Crippen LogP contribution in [0.5, 0.6) is 0 Å². The summed E-state index contributed by atoms with van der Waals surface area (Å²) in [5.74, 6) is -0.490. The summed E-state index contributed by atoms with van der Waals surface area (Å²) < 4.78 is 0. The lowest BCUT2D eigenvalue weighted by molar-refractivity contribution is -0.136. The first kappa shape index (κ1) is 13.7. The number of benzene rings is 1. The number of nitrogens with one attached hydrogen (secondary N) is 1. The summed E-state index contributed by atoms with van der Waals surface area (Å²) >= 11 is 0. The Hall–Kier alpha value is -2.69. The lowest BCUT2D eigenvalue weighted by atomic mass is 10.2. The number of aromatic nitrogens is 2. The normalized spacial score (nSPS) is 10.8. The van der Waals surface area contributed by atoms with E-state index in [2.05, 4.69) is 9.97 Å². The Morgan fingerprint density at radius 1 is 1.25 bits per heavy atom. The highest BCUT2D eigenvalue weighted by atomic mass is 16.4. The molecule has 1 aromatic heterocycles. The Balaban J connectivity index is 2.11. The van der Waals surface area contributed by atoms with Crippen LogP contribution >= 0.6 is 0 Å². The molecule has 5 heteroatoms. The molecule has 2 aromatic rings. The zero-order chi connectivity index (χ0) is 14.4. The molecule has 1 aromatic carbocycles. The molecule has 0 bridgehead atoms. The first-order valence-corrected chi connectivity index (χ1v) is 6.18. The van der Waals surface area contributed by atoms with Crippen LogP contribution in [0.4, 0.5) is 0 Å². The van der Waals surface area contributed by atoms with Gasteiger partial charge in [-0.2, -0.15) is 0 Å². The number of aryl methyl sites for hydroxylation is 1. The van der Waals surface area contributed by atoms with Crippen LogP contribution < -0.4 is 5.56 Å². The molecule has 0 unspecified atom stereocenters. The van der Waals surface area contributed by atoms with E-state index in [0.717, 1.165) is 5.56 Å². The van der Waals surface area contributed by atoms with E-state index in [9.17, 15) is 9.59 Å². The summed E-state index contributed by atoms with van der Waals surface area (Å²) in [6, 6.07) is 9.65. The third-order valence-electron chi connectivity index (χ3n) is 2.73. The largest absolute Gasteiger partial charge is 0.481 e. The maximum Gasteiger partial charge on any atom is 0.303 e. The number of hydrogen-bond acceptors (Lipinski definition) is 3. The van der Waals surface area contributed by atoms with Gasteiger partial charge >= 0.3 is 5.97 Å². The predicted octanol–water partition coefficient (Wildman–Crippen LogP) is 1.96. The smallest absolute Gasteiger partial charge is 0.303 e. The average Bonchev–Trinajstić information content (AvgIpc) is 2.45. The van der Waals surface area contributed by atoms with E-state index >= 15 is 0 Å². The second kappa shape index (κ2) is 6.47. The number of H-pyrrole nitrogens is 1. The standard InChI is InChI=1S/C15H14N2O3/c18-14(19)9-7-12-10-16-13(17-15(12)20)8-6-11-4-2-1-3-5-11/h1-6,8,10H,7,9H2,(H,18,19)(H,16,17,20)/b8-6+. The number of carbonyl (C=O) groups is 1. The number of nitrogens with zero attached hydrogens (tertiary/aromatic N) is 1. The topological polar surface area (TPSA) is 83.0 Å². The van der Waals surface area contributed by atoms with Gasteiger partial charge in [-0.3, -0.25) is 9.59 Å². The van der Waals surface area contributed by atoms with Gasteiger partial charge in [-0.15, -0.1) is 0 Å². The van der Waals surface area contributed by atoms with Gasteiger partial charge in [-0.1, -0.05) is 36.4 Å². The predicted molar refractivity (Wildman–Crippen MR) is 76.2 cm³/mol. The average molecular weight is 270 g/mol. The molecule has 0 aliphatic rings. The van der Waals surface area contributed by atoms with Gasteiger partial charge in [0, 0.05) is 18.2 Å². The minimum atomic E-state index is -0.933. The van der Waals surface area contributed by atoms with Crippen LogP contribution in [0.25, 0.3) is 12.2 Å². The Labute approximate surface area is 115 Å². The summed E-state index contributed by atoms with van der Waals surface area (Å²) in [7, 11) is 0. The highest BCUT2D eigenvalue weighted by Gasteiger charge is 2.04. The quantitative estimate of drug-likeness (QED) is 0.870. The van der Waals surface area contributed by atoms with E-state index in [1.807, 2.05) is 36.4 Å². The summed E-state index contributed by atoms with van der Waals surface area (Å²) in [5.41, 5.74) is 1.09. The number of aliphatic carboxylic acids is 1. The van der Waals surface area contributed by atoms with E-state index in [-0.39, 0.29) is 18.4 Å². The maximum atomic E-state index is 11.7. The van der Waals surface area contributed by atoms with Crippen LogP contribution in [0.15, 0.2) is 41.3 Å². The SMILES string of the molecule is O=C(O)CCc1cnc(/C=C/c2ccccc2)[nH]c1=O. The van der Waals surface area contributed by atoms with Gasteiger partial charge in [0.25, 0.3) is 5.56 Å². The van der Waals surface area contributed by atoms with Gasteiger partial charge < -0.3 is 10.1 Å².